The molecule has 3 heterocycles. The Bertz CT molecular complexity index is 460. The minimum absolute atomic E-state index is 0.0428. The average molecular weight is 317 g/mol. The Hall–Kier alpha value is -0.170. The summed E-state index contributed by atoms with van der Waals surface area (Å²) in [5.74, 6) is -0.410. The Balaban J connectivity index is 1.80. The lowest BCUT2D eigenvalue weighted by atomic mass is 9.99. The Kier molecular flexibility index (Phi) is 4.36. The van der Waals surface area contributed by atoms with E-state index in [1.807, 2.05) is 6.07 Å². The fourth-order valence-corrected chi connectivity index (χ4v) is 4.56. The zero-order valence-corrected chi connectivity index (χ0v) is 13.3. The molecular weight excluding hydrogens is 296 g/mol. The van der Waals surface area contributed by atoms with Gasteiger partial charge in [0.15, 0.2) is 5.79 Å². The summed E-state index contributed by atoms with van der Waals surface area (Å²) in [4.78, 5) is 3.61. The maximum absolute atomic E-state index is 6.24. The van der Waals surface area contributed by atoms with E-state index >= 15 is 0 Å². The number of nitrogens with zero attached hydrogens (tertiary/aromatic N) is 1. The van der Waals surface area contributed by atoms with Crippen LogP contribution in [0.3, 0.4) is 0 Å². The van der Waals surface area contributed by atoms with E-state index in [4.69, 9.17) is 26.8 Å². The van der Waals surface area contributed by atoms with E-state index in [2.05, 4.69) is 17.9 Å². The minimum Gasteiger partial charge on any atom is -0.346 e. The zero-order chi connectivity index (χ0) is 14.2. The van der Waals surface area contributed by atoms with E-state index in [-0.39, 0.29) is 12.1 Å². The molecule has 1 aromatic heterocycles. The van der Waals surface area contributed by atoms with Gasteiger partial charge in [-0.25, -0.2) is 0 Å². The van der Waals surface area contributed by atoms with Crippen LogP contribution in [-0.2, 0) is 9.47 Å². The third kappa shape index (κ3) is 2.89. The van der Waals surface area contributed by atoms with Crippen LogP contribution in [0.1, 0.15) is 30.7 Å². The number of hydrogen-bond acceptors (Lipinski definition) is 5. The van der Waals surface area contributed by atoms with Gasteiger partial charge in [-0.2, -0.15) is 0 Å². The van der Waals surface area contributed by atoms with Gasteiger partial charge in [0.25, 0.3) is 0 Å². The first kappa shape index (κ1) is 14.8. The summed E-state index contributed by atoms with van der Waals surface area (Å²) in [6.07, 6.45) is 2.04. The molecule has 2 N–H and O–H groups in total. The number of thiophene rings is 1. The van der Waals surface area contributed by atoms with Gasteiger partial charge in [0, 0.05) is 17.3 Å². The van der Waals surface area contributed by atoms with E-state index < -0.39 is 5.79 Å². The standard InChI is InChI=1S/C14H21ClN2O2S/c1-10(16)13(11-3-4-12(15)20-11)17-6-2-5-14(9-17)18-7-8-19-14/h3-4,10,13H,2,5-9,16H2,1H3. The smallest absolute Gasteiger partial charge is 0.181 e. The highest BCUT2D eigenvalue weighted by Gasteiger charge is 2.43. The minimum atomic E-state index is -0.410. The predicted octanol–water partition coefficient (Wildman–Crippen LogP) is 2.63. The Morgan fingerprint density at radius 1 is 1.40 bits per heavy atom. The van der Waals surface area contributed by atoms with Gasteiger partial charge in [0.05, 0.1) is 30.1 Å². The number of rotatable bonds is 3. The lowest BCUT2D eigenvalue weighted by molar-refractivity contribution is -0.194. The maximum atomic E-state index is 6.24. The van der Waals surface area contributed by atoms with Gasteiger partial charge >= 0.3 is 0 Å². The van der Waals surface area contributed by atoms with Crippen molar-refractivity contribution < 1.29 is 9.47 Å². The molecule has 0 aromatic carbocycles. The van der Waals surface area contributed by atoms with E-state index in [1.54, 1.807) is 11.3 Å². The molecule has 1 spiro atoms. The fraction of sp³-hybridized carbons (Fsp3) is 0.714. The van der Waals surface area contributed by atoms with Crippen LogP contribution in [0.25, 0.3) is 0 Å². The second-order valence-electron chi connectivity index (χ2n) is 5.63. The van der Waals surface area contributed by atoms with Gasteiger partial charge in [-0.05, 0) is 32.0 Å². The van der Waals surface area contributed by atoms with Gasteiger partial charge in [0.1, 0.15) is 0 Å². The van der Waals surface area contributed by atoms with Crippen molar-refractivity contribution in [1.29, 1.82) is 0 Å². The normalized spacial score (nSPS) is 25.9. The second-order valence-corrected chi connectivity index (χ2v) is 7.37. The van der Waals surface area contributed by atoms with Gasteiger partial charge in [-0.1, -0.05) is 11.6 Å². The van der Waals surface area contributed by atoms with Crippen LogP contribution in [0.15, 0.2) is 12.1 Å². The SMILES string of the molecule is CC(N)C(c1ccc(Cl)s1)N1CCCC2(C1)OCCO2. The number of nitrogens with two attached hydrogens (primary N) is 1. The third-order valence-corrected chi connectivity index (χ3v) is 5.34. The molecule has 2 unspecified atom stereocenters. The molecule has 6 heteroatoms. The molecule has 20 heavy (non-hydrogen) atoms. The van der Waals surface area contributed by atoms with Gasteiger partial charge < -0.3 is 15.2 Å². The molecule has 0 aliphatic carbocycles. The largest absolute Gasteiger partial charge is 0.346 e. The molecular formula is C14H21ClN2O2S. The highest BCUT2D eigenvalue weighted by atomic mass is 35.5. The monoisotopic (exact) mass is 316 g/mol. The molecule has 2 aliphatic heterocycles. The van der Waals surface area contributed by atoms with E-state index in [1.165, 1.54) is 4.88 Å². The van der Waals surface area contributed by atoms with Crippen LogP contribution in [0.2, 0.25) is 4.34 Å². The highest BCUT2D eigenvalue weighted by molar-refractivity contribution is 7.16. The van der Waals surface area contributed by atoms with Crippen LogP contribution in [0.4, 0.5) is 0 Å². The van der Waals surface area contributed by atoms with Crippen molar-refractivity contribution >= 4 is 22.9 Å². The molecule has 3 rings (SSSR count). The quantitative estimate of drug-likeness (QED) is 0.931. The average Bonchev–Trinajstić information content (AvgIpc) is 3.00. The Morgan fingerprint density at radius 2 is 2.15 bits per heavy atom. The van der Waals surface area contributed by atoms with Crippen LogP contribution in [0, 0.1) is 0 Å². The van der Waals surface area contributed by atoms with E-state index in [9.17, 15) is 0 Å². The van der Waals surface area contributed by atoms with Crippen molar-refractivity contribution in [2.45, 2.75) is 37.6 Å². The summed E-state index contributed by atoms with van der Waals surface area (Å²) in [6.45, 7) is 5.25. The maximum Gasteiger partial charge on any atom is 0.181 e. The van der Waals surface area contributed by atoms with Crippen molar-refractivity contribution in [2.24, 2.45) is 5.73 Å². The number of piperidine rings is 1. The summed E-state index contributed by atoms with van der Waals surface area (Å²) in [5, 5.41) is 0. The summed E-state index contributed by atoms with van der Waals surface area (Å²) < 4.78 is 12.5. The highest BCUT2D eigenvalue weighted by Crippen LogP contribution is 2.38. The molecule has 2 atom stereocenters. The van der Waals surface area contributed by atoms with Crippen LogP contribution in [0.5, 0.6) is 0 Å². The van der Waals surface area contributed by atoms with Crippen LogP contribution < -0.4 is 5.73 Å². The summed E-state index contributed by atoms with van der Waals surface area (Å²) in [5.41, 5.74) is 6.24. The first-order valence-corrected chi connectivity index (χ1v) is 8.32. The van der Waals surface area contributed by atoms with Crippen molar-refractivity contribution in [3.63, 3.8) is 0 Å². The Morgan fingerprint density at radius 3 is 2.75 bits per heavy atom. The molecule has 0 saturated carbocycles. The summed E-state index contributed by atoms with van der Waals surface area (Å²) in [6, 6.07) is 4.25. The van der Waals surface area contributed by atoms with Gasteiger partial charge in [0.2, 0.25) is 0 Å². The van der Waals surface area contributed by atoms with Crippen molar-refractivity contribution in [2.75, 3.05) is 26.3 Å². The molecule has 2 fully saturated rings. The van der Waals surface area contributed by atoms with Crippen LogP contribution in [-0.4, -0.2) is 43.0 Å². The van der Waals surface area contributed by atoms with Crippen molar-refractivity contribution in [3.8, 4) is 0 Å². The fourth-order valence-electron chi connectivity index (χ4n) is 3.25. The van der Waals surface area contributed by atoms with Gasteiger partial charge in [-0.15, -0.1) is 11.3 Å². The first-order valence-electron chi connectivity index (χ1n) is 7.12. The molecule has 1 aromatic rings. The zero-order valence-electron chi connectivity index (χ0n) is 11.7. The van der Waals surface area contributed by atoms with E-state index in [0.29, 0.717) is 13.2 Å². The first-order chi connectivity index (χ1) is 9.60. The lowest BCUT2D eigenvalue weighted by Gasteiger charge is -2.43. The molecule has 2 saturated heterocycles. The number of ether oxygens (including phenoxy) is 2. The van der Waals surface area contributed by atoms with Gasteiger partial charge in [-0.3, -0.25) is 4.90 Å². The molecule has 0 radical (unpaired) electrons. The lowest BCUT2D eigenvalue weighted by Crippen LogP contribution is -2.52. The summed E-state index contributed by atoms with van der Waals surface area (Å²) in [7, 11) is 0. The number of hydrogen-bond donors (Lipinski definition) is 1. The summed E-state index contributed by atoms with van der Waals surface area (Å²) >= 11 is 7.69. The topological polar surface area (TPSA) is 47.7 Å². The molecule has 112 valence electrons. The number of likely N-dealkylation sites (tertiary alicyclic amines) is 1. The Labute approximate surface area is 128 Å². The molecule has 4 nitrogen and oxygen atoms in total. The van der Waals surface area contributed by atoms with Crippen LogP contribution >= 0.6 is 22.9 Å². The second kappa shape index (κ2) is 5.91. The van der Waals surface area contributed by atoms with Crippen molar-refractivity contribution in [3.05, 3.63) is 21.3 Å². The van der Waals surface area contributed by atoms with Crippen molar-refractivity contribution in [1.82, 2.24) is 4.90 Å². The molecule has 2 aliphatic rings. The predicted molar refractivity (Wildman–Crippen MR) is 81.2 cm³/mol. The molecule has 0 amide bonds. The third-order valence-electron chi connectivity index (χ3n) is 4.04. The van der Waals surface area contributed by atoms with E-state index in [0.717, 1.165) is 30.3 Å². The molecule has 0 bridgehead atoms. The number of halogens is 1.